The van der Waals surface area contributed by atoms with Gasteiger partial charge in [0, 0.05) is 40.7 Å². The van der Waals surface area contributed by atoms with Gasteiger partial charge in [-0.25, -0.2) is 9.97 Å². The Bertz CT molecular complexity index is 1350. The number of amides is 1. The van der Waals surface area contributed by atoms with Crippen molar-refractivity contribution in [3.8, 4) is 22.5 Å². The maximum atomic E-state index is 11.9. The Hall–Kier alpha value is -3.80. The summed E-state index contributed by atoms with van der Waals surface area (Å²) >= 11 is 0. The summed E-state index contributed by atoms with van der Waals surface area (Å²) in [7, 11) is 0. The summed E-state index contributed by atoms with van der Waals surface area (Å²) in [4.78, 5) is 36.0. The lowest BCUT2D eigenvalue weighted by molar-refractivity contribution is 0.0963. The van der Waals surface area contributed by atoms with E-state index in [9.17, 15) is 9.59 Å². The van der Waals surface area contributed by atoms with Crippen molar-refractivity contribution in [3.05, 3.63) is 71.0 Å². The minimum atomic E-state index is -0.0293. The maximum absolute atomic E-state index is 11.9. The summed E-state index contributed by atoms with van der Waals surface area (Å²) in [5, 5.41) is 3.78. The molecule has 6 nitrogen and oxygen atoms in total. The first kappa shape index (κ1) is 16.2. The molecule has 2 aromatic heterocycles. The molecule has 0 saturated carbocycles. The van der Waals surface area contributed by atoms with E-state index in [1.165, 1.54) is 0 Å². The van der Waals surface area contributed by atoms with Crippen molar-refractivity contribution in [2.45, 2.75) is 19.4 Å². The third-order valence-corrected chi connectivity index (χ3v) is 5.83. The smallest absolute Gasteiger partial charge is 0.251 e. The lowest BCUT2D eigenvalue weighted by atomic mass is 10.0. The number of aromatic amines is 1. The molecule has 1 aliphatic carbocycles. The van der Waals surface area contributed by atoms with Gasteiger partial charge in [-0.15, -0.1) is 0 Å². The second kappa shape index (κ2) is 5.85. The molecule has 6 rings (SSSR count). The molecule has 3 heterocycles. The van der Waals surface area contributed by atoms with Crippen LogP contribution in [0.25, 0.3) is 33.5 Å². The van der Waals surface area contributed by atoms with Gasteiger partial charge in [0.05, 0.1) is 5.69 Å². The third kappa shape index (κ3) is 2.42. The zero-order valence-corrected chi connectivity index (χ0v) is 15.5. The van der Waals surface area contributed by atoms with Crippen LogP contribution in [0.15, 0.2) is 48.8 Å². The normalized spacial score (nSPS) is 14.9. The number of benzene rings is 2. The van der Waals surface area contributed by atoms with Crippen LogP contribution < -0.4 is 5.32 Å². The Morgan fingerprint density at radius 3 is 2.59 bits per heavy atom. The van der Waals surface area contributed by atoms with E-state index in [0.29, 0.717) is 13.0 Å². The Kier molecular flexibility index (Phi) is 3.26. The zero-order chi connectivity index (χ0) is 19.5. The Balaban J connectivity index is 1.47. The number of aromatic nitrogens is 3. The summed E-state index contributed by atoms with van der Waals surface area (Å²) < 4.78 is 0. The van der Waals surface area contributed by atoms with Gasteiger partial charge in [0.15, 0.2) is 5.78 Å². The highest BCUT2D eigenvalue weighted by Crippen LogP contribution is 2.33. The fourth-order valence-corrected chi connectivity index (χ4v) is 4.33. The maximum Gasteiger partial charge on any atom is 0.251 e. The molecule has 6 heteroatoms. The van der Waals surface area contributed by atoms with Crippen LogP contribution in [-0.4, -0.2) is 26.6 Å². The summed E-state index contributed by atoms with van der Waals surface area (Å²) in [6, 6.07) is 13.8. The van der Waals surface area contributed by atoms with Crippen LogP contribution in [0.3, 0.4) is 0 Å². The number of hydrogen-bond donors (Lipinski definition) is 2. The van der Waals surface area contributed by atoms with Crippen LogP contribution in [-0.2, 0) is 13.0 Å². The van der Waals surface area contributed by atoms with Gasteiger partial charge in [-0.05, 0) is 47.4 Å². The number of Topliss-reactive ketones (excluding diaryl/α,β-unsaturated/α-hetero) is 1. The van der Waals surface area contributed by atoms with Crippen LogP contribution in [0.5, 0.6) is 0 Å². The zero-order valence-electron chi connectivity index (χ0n) is 15.5. The van der Waals surface area contributed by atoms with Gasteiger partial charge < -0.3 is 10.3 Å². The minimum absolute atomic E-state index is 0.0293. The number of H-pyrrole nitrogens is 1. The van der Waals surface area contributed by atoms with Crippen molar-refractivity contribution in [2.24, 2.45) is 0 Å². The predicted octanol–water partition coefficient (Wildman–Crippen LogP) is 3.66. The van der Waals surface area contributed by atoms with Crippen molar-refractivity contribution in [1.82, 2.24) is 20.3 Å². The summed E-state index contributed by atoms with van der Waals surface area (Å²) in [6.45, 7) is 0.544. The summed E-state index contributed by atoms with van der Waals surface area (Å²) in [5.41, 5.74) is 8.18. The molecule has 0 saturated heterocycles. The highest BCUT2D eigenvalue weighted by atomic mass is 16.2. The highest BCUT2D eigenvalue weighted by Gasteiger charge is 2.22. The first-order chi connectivity index (χ1) is 14.2. The highest BCUT2D eigenvalue weighted by molar-refractivity contribution is 6.02. The number of fused-ring (bicyclic) bond motifs is 3. The summed E-state index contributed by atoms with van der Waals surface area (Å²) in [6.07, 6.45) is 2.95. The van der Waals surface area contributed by atoms with E-state index in [2.05, 4.69) is 32.4 Å². The van der Waals surface area contributed by atoms with Crippen LogP contribution >= 0.6 is 0 Å². The number of carbonyl (C=O) groups excluding carboxylic acids is 2. The molecule has 0 spiro atoms. The Morgan fingerprint density at radius 2 is 1.66 bits per heavy atom. The van der Waals surface area contributed by atoms with E-state index in [1.54, 1.807) is 6.33 Å². The topological polar surface area (TPSA) is 87.7 Å². The van der Waals surface area contributed by atoms with E-state index < -0.39 is 0 Å². The molecule has 0 bridgehead atoms. The molecule has 1 aliphatic heterocycles. The van der Waals surface area contributed by atoms with Crippen LogP contribution in [0.1, 0.15) is 38.3 Å². The number of ketones is 1. The molecule has 140 valence electrons. The van der Waals surface area contributed by atoms with Gasteiger partial charge in [0.25, 0.3) is 5.91 Å². The molecule has 2 N–H and O–H groups in total. The molecular weight excluding hydrogens is 364 g/mol. The molecule has 0 unspecified atom stereocenters. The lowest BCUT2D eigenvalue weighted by Crippen LogP contribution is -2.12. The minimum Gasteiger partial charge on any atom is -0.348 e. The van der Waals surface area contributed by atoms with Gasteiger partial charge in [-0.2, -0.15) is 0 Å². The monoisotopic (exact) mass is 380 g/mol. The molecule has 0 radical (unpaired) electrons. The van der Waals surface area contributed by atoms with Crippen molar-refractivity contribution < 1.29 is 9.59 Å². The summed E-state index contributed by atoms with van der Waals surface area (Å²) in [5.74, 6) is 0.194. The molecular formula is C23H16N4O2. The number of carbonyl (C=O) groups is 2. The average molecular weight is 380 g/mol. The Morgan fingerprint density at radius 1 is 0.828 bits per heavy atom. The van der Waals surface area contributed by atoms with Crippen LogP contribution in [0.2, 0.25) is 0 Å². The number of nitrogens with zero attached hydrogens (tertiary/aromatic N) is 2. The van der Waals surface area contributed by atoms with Gasteiger partial charge >= 0.3 is 0 Å². The van der Waals surface area contributed by atoms with E-state index in [-0.39, 0.29) is 11.7 Å². The fourth-order valence-electron chi connectivity index (χ4n) is 4.33. The van der Waals surface area contributed by atoms with Crippen molar-refractivity contribution in [2.75, 3.05) is 0 Å². The van der Waals surface area contributed by atoms with Gasteiger partial charge in [-0.1, -0.05) is 18.2 Å². The first-order valence-electron chi connectivity index (χ1n) is 9.59. The molecule has 29 heavy (non-hydrogen) atoms. The van der Waals surface area contributed by atoms with E-state index >= 15 is 0 Å². The quantitative estimate of drug-likeness (QED) is 0.555. The Labute approximate surface area is 166 Å². The van der Waals surface area contributed by atoms with Crippen molar-refractivity contribution >= 4 is 22.7 Å². The number of aryl methyl sites for hydroxylation is 1. The number of nitrogens with one attached hydrogen (secondary N) is 2. The molecule has 2 aromatic carbocycles. The molecule has 4 aromatic rings. The SMILES string of the molecule is O=C1CCc2cc(-c3cc4c(-c5ccc6c(c5)CNC6=O)ncnc4[nH]3)ccc21. The lowest BCUT2D eigenvalue weighted by Gasteiger charge is -2.04. The molecule has 2 aliphatic rings. The van der Waals surface area contributed by atoms with Gasteiger partial charge in [0.1, 0.15) is 12.0 Å². The predicted molar refractivity (Wildman–Crippen MR) is 109 cm³/mol. The van der Waals surface area contributed by atoms with Gasteiger partial charge in [-0.3, -0.25) is 9.59 Å². The van der Waals surface area contributed by atoms with Crippen LogP contribution in [0.4, 0.5) is 0 Å². The second-order valence-electron chi connectivity index (χ2n) is 7.52. The standard InChI is InChI=1S/C23H16N4O2/c28-20-6-3-12-7-13(1-4-16(12)20)19-9-18-21(25-11-26-22(18)27-19)14-2-5-17-15(8-14)10-24-23(17)29/h1-2,4-5,7-9,11H,3,6,10H2,(H,24,29)(H,25,26,27). The van der Waals surface area contributed by atoms with Crippen molar-refractivity contribution in [1.29, 1.82) is 0 Å². The van der Waals surface area contributed by atoms with Crippen LogP contribution in [0, 0.1) is 0 Å². The first-order valence-corrected chi connectivity index (χ1v) is 9.59. The van der Waals surface area contributed by atoms with Crippen molar-refractivity contribution in [3.63, 3.8) is 0 Å². The molecule has 0 atom stereocenters. The van der Waals surface area contributed by atoms with Gasteiger partial charge in [0.2, 0.25) is 0 Å². The molecule has 1 amide bonds. The average Bonchev–Trinajstić information content (AvgIpc) is 3.44. The van der Waals surface area contributed by atoms with E-state index in [0.717, 1.165) is 62.2 Å². The van der Waals surface area contributed by atoms with E-state index in [4.69, 9.17) is 0 Å². The fraction of sp³-hybridized carbons (Fsp3) is 0.130. The molecule has 0 fully saturated rings. The second-order valence-corrected chi connectivity index (χ2v) is 7.52. The number of rotatable bonds is 2. The largest absolute Gasteiger partial charge is 0.348 e. The number of hydrogen-bond acceptors (Lipinski definition) is 4. The third-order valence-electron chi connectivity index (χ3n) is 5.83. The van der Waals surface area contributed by atoms with E-state index in [1.807, 2.05) is 30.3 Å².